The van der Waals surface area contributed by atoms with Crippen molar-refractivity contribution in [3.05, 3.63) is 29.3 Å². The van der Waals surface area contributed by atoms with Crippen molar-refractivity contribution in [2.24, 2.45) is 0 Å². The van der Waals surface area contributed by atoms with E-state index in [9.17, 15) is 4.79 Å². The highest BCUT2D eigenvalue weighted by Crippen LogP contribution is 2.36. The van der Waals surface area contributed by atoms with Crippen molar-refractivity contribution in [1.82, 2.24) is 9.88 Å². The summed E-state index contributed by atoms with van der Waals surface area (Å²) in [5.41, 5.74) is 1.40. The number of aromatic nitrogens is 1. The molecule has 2 atom stereocenters. The molecule has 1 aromatic carbocycles. The van der Waals surface area contributed by atoms with Crippen LogP contribution in [0.5, 0.6) is 11.5 Å². The predicted molar refractivity (Wildman–Crippen MR) is 89.6 cm³/mol. The van der Waals surface area contributed by atoms with Crippen LogP contribution in [0.3, 0.4) is 0 Å². The summed E-state index contributed by atoms with van der Waals surface area (Å²) in [7, 11) is 0. The summed E-state index contributed by atoms with van der Waals surface area (Å²) in [5, 5.41) is 2.61. The molecule has 0 saturated carbocycles. The molecule has 7 heteroatoms. The number of carbonyl (C=O) groups excluding carboxylic acids is 1. The lowest BCUT2D eigenvalue weighted by atomic mass is 10.2. The first-order valence-corrected chi connectivity index (χ1v) is 8.78. The van der Waals surface area contributed by atoms with Crippen LogP contribution in [0, 0.1) is 0 Å². The maximum absolute atomic E-state index is 12.7. The second-order valence-electron chi connectivity index (χ2n) is 6.07. The summed E-state index contributed by atoms with van der Waals surface area (Å²) < 4.78 is 16.4. The SMILES string of the molecule is C[C@@H]1CN(C(=O)c2csc(-c3ccc4c(c3)OCO4)n2)C[C@H](C)O1. The number of fused-ring (bicyclic) bond motifs is 1. The third-order valence-electron chi connectivity index (χ3n) is 4.05. The van der Waals surface area contributed by atoms with Crippen molar-refractivity contribution in [2.45, 2.75) is 26.1 Å². The van der Waals surface area contributed by atoms with E-state index in [0.717, 1.165) is 16.3 Å². The van der Waals surface area contributed by atoms with Gasteiger partial charge in [-0.1, -0.05) is 0 Å². The van der Waals surface area contributed by atoms with Gasteiger partial charge in [0, 0.05) is 24.0 Å². The Morgan fingerprint density at radius 1 is 1.21 bits per heavy atom. The number of hydrogen-bond donors (Lipinski definition) is 0. The normalized spacial score (nSPS) is 22.7. The van der Waals surface area contributed by atoms with Crippen molar-refractivity contribution in [2.75, 3.05) is 19.9 Å². The van der Waals surface area contributed by atoms with E-state index in [-0.39, 0.29) is 24.9 Å². The van der Waals surface area contributed by atoms with E-state index in [1.807, 2.05) is 42.3 Å². The van der Waals surface area contributed by atoms with Crippen molar-refractivity contribution in [3.8, 4) is 22.1 Å². The lowest BCUT2D eigenvalue weighted by Crippen LogP contribution is -2.48. The van der Waals surface area contributed by atoms with E-state index < -0.39 is 0 Å². The number of rotatable bonds is 2. The zero-order valence-electron chi connectivity index (χ0n) is 13.5. The van der Waals surface area contributed by atoms with Crippen molar-refractivity contribution in [1.29, 1.82) is 0 Å². The molecule has 2 aliphatic rings. The first kappa shape index (κ1) is 15.4. The molecule has 2 aliphatic heterocycles. The molecule has 3 heterocycles. The first-order valence-electron chi connectivity index (χ1n) is 7.90. The summed E-state index contributed by atoms with van der Waals surface area (Å²) in [6.07, 6.45) is 0.0920. The highest BCUT2D eigenvalue weighted by atomic mass is 32.1. The van der Waals surface area contributed by atoms with Gasteiger partial charge in [-0.3, -0.25) is 4.79 Å². The number of benzene rings is 1. The third-order valence-corrected chi connectivity index (χ3v) is 4.94. The van der Waals surface area contributed by atoms with E-state index in [2.05, 4.69) is 4.98 Å². The number of amides is 1. The molecule has 1 fully saturated rings. The predicted octanol–water partition coefficient (Wildman–Crippen LogP) is 2.79. The zero-order valence-corrected chi connectivity index (χ0v) is 14.3. The second kappa shape index (κ2) is 6.07. The molecule has 126 valence electrons. The van der Waals surface area contributed by atoms with Gasteiger partial charge in [0.05, 0.1) is 12.2 Å². The van der Waals surface area contributed by atoms with Crippen LogP contribution in [0.2, 0.25) is 0 Å². The first-order chi connectivity index (χ1) is 11.6. The van der Waals surface area contributed by atoms with Gasteiger partial charge in [-0.05, 0) is 32.0 Å². The summed E-state index contributed by atoms with van der Waals surface area (Å²) in [5.74, 6) is 1.41. The Labute approximate surface area is 144 Å². The average Bonchev–Trinajstić information content (AvgIpc) is 3.21. The van der Waals surface area contributed by atoms with Crippen LogP contribution in [-0.4, -0.2) is 47.9 Å². The minimum Gasteiger partial charge on any atom is -0.454 e. The summed E-state index contributed by atoms with van der Waals surface area (Å²) in [4.78, 5) is 19.0. The molecule has 0 bridgehead atoms. The van der Waals surface area contributed by atoms with E-state index in [1.165, 1.54) is 11.3 Å². The Bertz CT molecular complexity index is 766. The standard InChI is InChI=1S/C17H18N2O4S/c1-10-6-19(7-11(2)23-10)17(20)13-8-24-16(18-13)12-3-4-14-15(5-12)22-9-21-14/h3-5,8,10-11H,6-7,9H2,1-2H3/t10-,11+. The Morgan fingerprint density at radius 2 is 1.96 bits per heavy atom. The third kappa shape index (κ3) is 2.85. The van der Waals surface area contributed by atoms with E-state index >= 15 is 0 Å². The van der Waals surface area contributed by atoms with Gasteiger partial charge in [0.1, 0.15) is 10.7 Å². The molecule has 6 nitrogen and oxygen atoms in total. The van der Waals surface area contributed by atoms with Crippen LogP contribution in [0.4, 0.5) is 0 Å². The van der Waals surface area contributed by atoms with Gasteiger partial charge in [0.25, 0.3) is 5.91 Å². The van der Waals surface area contributed by atoms with Gasteiger partial charge < -0.3 is 19.1 Å². The number of hydrogen-bond acceptors (Lipinski definition) is 6. The second-order valence-corrected chi connectivity index (χ2v) is 6.93. The number of nitrogens with zero attached hydrogens (tertiary/aromatic N) is 2. The van der Waals surface area contributed by atoms with Crippen LogP contribution in [0.15, 0.2) is 23.6 Å². The Kier molecular flexibility index (Phi) is 3.90. The number of thiazole rings is 1. The quantitative estimate of drug-likeness (QED) is 0.837. The van der Waals surface area contributed by atoms with Crippen LogP contribution >= 0.6 is 11.3 Å². The minimum atomic E-state index is -0.0414. The zero-order chi connectivity index (χ0) is 16.7. The highest BCUT2D eigenvalue weighted by molar-refractivity contribution is 7.13. The molecule has 0 spiro atoms. The fraction of sp³-hybridized carbons (Fsp3) is 0.412. The maximum Gasteiger partial charge on any atom is 0.273 e. The van der Waals surface area contributed by atoms with Crippen LogP contribution < -0.4 is 9.47 Å². The average molecular weight is 346 g/mol. The lowest BCUT2D eigenvalue weighted by Gasteiger charge is -2.34. The fourth-order valence-electron chi connectivity index (χ4n) is 3.04. The summed E-state index contributed by atoms with van der Waals surface area (Å²) in [6, 6.07) is 5.69. The number of carbonyl (C=O) groups is 1. The van der Waals surface area contributed by atoms with Crippen molar-refractivity contribution in [3.63, 3.8) is 0 Å². The molecular formula is C17H18N2O4S. The molecule has 0 aliphatic carbocycles. The van der Waals surface area contributed by atoms with Crippen molar-refractivity contribution < 1.29 is 19.0 Å². The van der Waals surface area contributed by atoms with E-state index in [4.69, 9.17) is 14.2 Å². The summed E-state index contributed by atoms with van der Waals surface area (Å²) in [6.45, 7) is 5.40. The smallest absolute Gasteiger partial charge is 0.273 e. The Morgan fingerprint density at radius 3 is 2.75 bits per heavy atom. The van der Waals surface area contributed by atoms with Gasteiger partial charge in [0.2, 0.25) is 6.79 Å². The van der Waals surface area contributed by atoms with Crippen molar-refractivity contribution >= 4 is 17.2 Å². The Hall–Kier alpha value is -2.12. The topological polar surface area (TPSA) is 60.9 Å². The number of ether oxygens (including phenoxy) is 3. The van der Waals surface area contributed by atoms with E-state index in [0.29, 0.717) is 24.5 Å². The molecule has 0 radical (unpaired) electrons. The van der Waals surface area contributed by atoms with Gasteiger partial charge in [0.15, 0.2) is 11.5 Å². The lowest BCUT2D eigenvalue weighted by molar-refractivity contribution is -0.0587. The molecule has 1 saturated heterocycles. The highest BCUT2D eigenvalue weighted by Gasteiger charge is 2.28. The Balaban J connectivity index is 1.55. The molecule has 0 unspecified atom stereocenters. The molecule has 0 N–H and O–H groups in total. The molecule has 1 amide bonds. The molecule has 24 heavy (non-hydrogen) atoms. The van der Waals surface area contributed by atoms with Crippen LogP contribution in [0.25, 0.3) is 10.6 Å². The van der Waals surface area contributed by atoms with E-state index in [1.54, 1.807) is 0 Å². The monoisotopic (exact) mass is 346 g/mol. The summed E-state index contributed by atoms with van der Waals surface area (Å²) >= 11 is 1.46. The fourth-order valence-corrected chi connectivity index (χ4v) is 3.83. The molecule has 4 rings (SSSR count). The molecule has 1 aromatic heterocycles. The van der Waals surface area contributed by atoms with Crippen LogP contribution in [0.1, 0.15) is 24.3 Å². The minimum absolute atomic E-state index is 0.0414. The molecule has 2 aromatic rings. The largest absolute Gasteiger partial charge is 0.454 e. The maximum atomic E-state index is 12.7. The van der Waals surface area contributed by atoms with Gasteiger partial charge >= 0.3 is 0 Å². The van der Waals surface area contributed by atoms with Crippen LogP contribution in [-0.2, 0) is 4.74 Å². The molecular weight excluding hydrogens is 328 g/mol. The number of morpholine rings is 1. The van der Waals surface area contributed by atoms with Gasteiger partial charge in [-0.2, -0.15) is 0 Å². The van der Waals surface area contributed by atoms with Gasteiger partial charge in [-0.15, -0.1) is 11.3 Å². The van der Waals surface area contributed by atoms with Gasteiger partial charge in [-0.25, -0.2) is 4.98 Å².